The van der Waals surface area contributed by atoms with Gasteiger partial charge in [-0.1, -0.05) is 12.1 Å². The summed E-state index contributed by atoms with van der Waals surface area (Å²) in [6, 6.07) is 6.95. The average Bonchev–Trinajstić information content (AvgIpc) is 2.54. The van der Waals surface area contributed by atoms with E-state index in [2.05, 4.69) is 23.1 Å². The summed E-state index contributed by atoms with van der Waals surface area (Å²) in [5.41, 5.74) is 2.81. The lowest BCUT2D eigenvalue weighted by Gasteiger charge is -2.35. The molecular formula is C17H27NO3. The molecule has 0 saturated carbocycles. The maximum Gasteiger partial charge on any atom is 0.122 e. The van der Waals surface area contributed by atoms with Gasteiger partial charge in [-0.15, -0.1) is 0 Å². The molecule has 0 N–H and O–H groups in total. The lowest BCUT2D eigenvalue weighted by atomic mass is 9.87. The molecule has 1 aromatic carbocycles. The van der Waals surface area contributed by atoms with Crippen molar-refractivity contribution in [2.24, 2.45) is 0 Å². The minimum atomic E-state index is 0.565. The molecule has 1 aromatic rings. The van der Waals surface area contributed by atoms with Crippen molar-refractivity contribution < 1.29 is 14.2 Å². The molecule has 4 nitrogen and oxygen atoms in total. The van der Waals surface area contributed by atoms with E-state index in [4.69, 9.17) is 14.2 Å². The molecule has 21 heavy (non-hydrogen) atoms. The Labute approximate surface area is 128 Å². The second kappa shape index (κ2) is 8.37. The second-order valence-electron chi connectivity index (χ2n) is 5.52. The van der Waals surface area contributed by atoms with Crippen molar-refractivity contribution >= 4 is 0 Å². The van der Waals surface area contributed by atoms with Crippen molar-refractivity contribution in [2.45, 2.75) is 25.3 Å². The van der Waals surface area contributed by atoms with Crippen LogP contribution in [0.3, 0.4) is 0 Å². The zero-order valence-corrected chi connectivity index (χ0v) is 13.4. The topological polar surface area (TPSA) is 30.9 Å². The van der Waals surface area contributed by atoms with E-state index in [9.17, 15) is 0 Å². The first kappa shape index (κ1) is 16.3. The monoisotopic (exact) mass is 293 g/mol. The zero-order chi connectivity index (χ0) is 15.1. The van der Waals surface area contributed by atoms with Crippen molar-refractivity contribution in [3.8, 4) is 5.75 Å². The highest BCUT2D eigenvalue weighted by atomic mass is 16.5. The van der Waals surface area contributed by atoms with Gasteiger partial charge in [-0.05, 0) is 36.5 Å². The molecule has 0 radical (unpaired) electrons. The molecule has 0 fully saturated rings. The molecule has 0 aromatic heterocycles. The molecule has 0 saturated heterocycles. The van der Waals surface area contributed by atoms with Crippen LogP contribution in [0.2, 0.25) is 0 Å². The van der Waals surface area contributed by atoms with E-state index in [1.165, 1.54) is 17.5 Å². The Morgan fingerprint density at radius 1 is 1.10 bits per heavy atom. The SMILES string of the molecule is COCCN(CCOC)C1CCc2c(cccc2OC)C1. The van der Waals surface area contributed by atoms with Crippen LogP contribution < -0.4 is 4.74 Å². The maximum absolute atomic E-state index is 5.48. The van der Waals surface area contributed by atoms with Crippen molar-refractivity contribution in [1.82, 2.24) is 4.90 Å². The summed E-state index contributed by atoms with van der Waals surface area (Å²) in [5, 5.41) is 0. The van der Waals surface area contributed by atoms with Crippen LogP contribution >= 0.6 is 0 Å². The number of methoxy groups -OCH3 is 3. The molecule has 1 atom stereocenters. The summed E-state index contributed by atoms with van der Waals surface area (Å²) >= 11 is 0. The molecule has 2 rings (SSSR count). The predicted octanol–water partition coefficient (Wildman–Crippen LogP) is 2.15. The van der Waals surface area contributed by atoms with Crippen LogP contribution in [-0.4, -0.2) is 58.6 Å². The normalized spacial score (nSPS) is 17.8. The highest BCUT2D eigenvalue weighted by molar-refractivity contribution is 5.42. The first-order valence-corrected chi connectivity index (χ1v) is 7.66. The molecule has 4 heteroatoms. The lowest BCUT2D eigenvalue weighted by Crippen LogP contribution is -2.43. The molecule has 1 aliphatic carbocycles. The summed E-state index contributed by atoms with van der Waals surface area (Å²) in [6.45, 7) is 3.46. The molecule has 1 unspecified atom stereocenters. The van der Waals surface area contributed by atoms with Crippen molar-refractivity contribution in [3.05, 3.63) is 29.3 Å². The number of hydrogen-bond acceptors (Lipinski definition) is 4. The molecule has 0 spiro atoms. The highest BCUT2D eigenvalue weighted by Crippen LogP contribution is 2.31. The first-order valence-electron chi connectivity index (χ1n) is 7.66. The van der Waals surface area contributed by atoms with E-state index in [0.717, 1.165) is 44.9 Å². The van der Waals surface area contributed by atoms with Gasteiger partial charge in [0, 0.05) is 33.4 Å². The largest absolute Gasteiger partial charge is 0.496 e. The van der Waals surface area contributed by atoms with E-state index in [1.807, 2.05) is 0 Å². The van der Waals surface area contributed by atoms with Crippen molar-refractivity contribution in [2.75, 3.05) is 47.6 Å². The second-order valence-corrected chi connectivity index (χ2v) is 5.52. The molecule has 0 bridgehead atoms. The van der Waals surface area contributed by atoms with Crippen LogP contribution in [-0.2, 0) is 22.3 Å². The highest BCUT2D eigenvalue weighted by Gasteiger charge is 2.25. The Morgan fingerprint density at radius 3 is 2.43 bits per heavy atom. The smallest absolute Gasteiger partial charge is 0.122 e. The third-order valence-corrected chi connectivity index (χ3v) is 4.31. The quantitative estimate of drug-likeness (QED) is 0.735. The number of fused-ring (bicyclic) bond motifs is 1. The van der Waals surface area contributed by atoms with E-state index < -0.39 is 0 Å². The van der Waals surface area contributed by atoms with Gasteiger partial charge < -0.3 is 14.2 Å². The fourth-order valence-corrected chi connectivity index (χ4v) is 3.15. The van der Waals surface area contributed by atoms with Crippen LogP contribution in [0.25, 0.3) is 0 Å². The number of rotatable bonds is 8. The van der Waals surface area contributed by atoms with Gasteiger partial charge in [0.1, 0.15) is 5.75 Å². The summed E-state index contributed by atoms with van der Waals surface area (Å²) in [6.07, 6.45) is 3.33. The van der Waals surface area contributed by atoms with Crippen LogP contribution in [0.5, 0.6) is 5.75 Å². The summed E-state index contributed by atoms with van der Waals surface area (Å²) < 4.78 is 16.0. The molecule has 0 heterocycles. The Morgan fingerprint density at radius 2 is 1.81 bits per heavy atom. The zero-order valence-electron chi connectivity index (χ0n) is 13.4. The molecule has 1 aliphatic rings. The Kier molecular flexibility index (Phi) is 6.49. The van der Waals surface area contributed by atoms with Crippen molar-refractivity contribution in [3.63, 3.8) is 0 Å². The van der Waals surface area contributed by atoms with Crippen molar-refractivity contribution in [1.29, 1.82) is 0 Å². The van der Waals surface area contributed by atoms with Gasteiger partial charge in [-0.3, -0.25) is 4.90 Å². The van der Waals surface area contributed by atoms with Crippen LogP contribution in [0, 0.1) is 0 Å². The Hall–Kier alpha value is -1.10. The van der Waals surface area contributed by atoms with Gasteiger partial charge in [-0.25, -0.2) is 0 Å². The van der Waals surface area contributed by atoms with Gasteiger partial charge in [0.25, 0.3) is 0 Å². The third-order valence-electron chi connectivity index (χ3n) is 4.31. The molecule has 0 aliphatic heterocycles. The van der Waals surface area contributed by atoms with Crippen LogP contribution in [0.15, 0.2) is 18.2 Å². The fourth-order valence-electron chi connectivity index (χ4n) is 3.15. The summed E-state index contributed by atoms with van der Waals surface area (Å²) in [4.78, 5) is 2.50. The Bertz CT molecular complexity index is 428. The number of ether oxygens (including phenoxy) is 3. The minimum absolute atomic E-state index is 0.565. The first-order chi connectivity index (χ1) is 10.3. The number of hydrogen-bond donors (Lipinski definition) is 0. The van der Waals surface area contributed by atoms with Crippen LogP contribution in [0.4, 0.5) is 0 Å². The third kappa shape index (κ3) is 4.19. The maximum atomic E-state index is 5.48. The summed E-state index contributed by atoms with van der Waals surface area (Å²) in [7, 11) is 5.27. The van der Waals surface area contributed by atoms with Crippen LogP contribution in [0.1, 0.15) is 17.5 Å². The molecule has 118 valence electrons. The summed E-state index contributed by atoms with van der Waals surface area (Å²) in [5.74, 6) is 1.03. The lowest BCUT2D eigenvalue weighted by molar-refractivity contribution is 0.0822. The van der Waals surface area contributed by atoms with Gasteiger partial charge in [0.15, 0.2) is 0 Å². The average molecular weight is 293 g/mol. The van der Waals surface area contributed by atoms with E-state index in [0.29, 0.717) is 6.04 Å². The molecule has 0 amide bonds. The minimum Gasteiger partial charge on any atom is -0.496 e. The fraction of sp³-hybridized carbons (Fsp3) is 0.647. The standard InChI is InChI=1S/C17H27NO3/c1-19-11-9-18(10-12-20-2)15-7-8-16-14(13-15)5-4-6-17(16)21-3/h4-6,15H,7-13H2,1-3H3. The van der Waals surface area contributed by atoms with E-state index in [1.54, 1.807) is 21.3 Å². The number of benzene rings is 1. The van der Waals surface area contributed by atoms with Gasteiger partial charge in [-0.2, -0.15) is 0 Å². The van der Waals surface area contributed by atoms with Gasteiger partial charge in [0.05, 0.1) is 20.3 Å². The number of nitrogens with zero attached hydrogens (tertiary/aromatic N) is 1. The van der Waals surface area contributed by atoms with E-state index >= 15 is 0 Å². The van der Waals surface area contributed by atoms with Gasteiger partial charge in [0.2, 0.25) is 0 Å². The van der Waals surface area contributed by atoms with E-state index in [-0.39, 0.29) is 0 Å². The molecular weight excluding hydrogens is 266 g/mol. The Balaban J connectivity index is 2.06. The van der Waals surface area contributed by atoms with Gasteiger partial charge >= 0.3 is 0 Å². The predicted molar refractivity (Wildman–Crippen MR) is 84.1 cm³/mol.